The van der Waals surface area contributed by atoms with E-state index in [2.05, 4.69) is 10.2 Å². The molecule has 2 amide bonds. The van der Waals surface area contributed by atoms with E-state index < -0.39 is 0 Å². The van der Waals surface area contributed by atoms with E-state index in [1.54, 1.807) is 16.4 Å². The van der Waals surface area contributed by atoms with Gasteiger partial charge in [0, 0.05) is 6.54 Å². The predicted octanol–water partition coefficient (Wildman–Crippen LogP) is 2.92. The summed E-state index contributed by atoms with van der Waals surface area (Å²) in [5.74, 6) is 0. The number of aromatic nitrogens is 2. The van der Waals surface area contributed by atoms with Crippen LogP contribution in [0.4, 0.5) is 4.79 Å². The summed E-state index contributed by atoms with van der Waals surface area (Å²) in [4.78, 5) is 20.4. The number of benzene rings is 1. The average molecular weight is 330 g/mol. The quantitative estimate of drug-likeness (QED) is 0.865. The third-order valence-corrected chi connectivity index (χ3v) is 5.30. The van der Waals surface area contributed by atoms with Gasteiger partial charge in [0.15, 0.2) is 0 Å². The van der Waals surface area contributed by atoms with Gasteiger partial charge in [0.25, 0.3) is 0 Å². The number of carbonyl (C=O) groups excluding carboxylic acids is 1. The van der Waals surface area contributed by atoms with Crippen molar-refractivity contribution in [3.05, 3.63) is 45.9 Å². The van der Waals surface area contributed by atoms with Crippen LogP contribution in [0.3, 0.4) is 0 Å². The van der Waals surface area contributed by atoms with Gasteiger partial charge in [-0.1, -0.05) is 41.7 Å². The summed E-state index contributed by atoms with van der Waals surface area (Å²) in [6, 6.07) is 10.0. The molecule has 2 aliphatic heterocycles. The van der Waals surface area contributed by atoms with Crippen molar-refractivity contribution in [1.82, 2.24) is 20.2 Å². The van der Waals surface area contributed by atoms with Crippen LogP contribution in [-0.4, -0.2) is 38.8 Å². The minimum Gasteiger partial charge on any atom is -0.311 e. The lowest BCUT2D eigenvalue weighted by molar-refractivity contribution is -0.140. The maximum Gasteiger partial charge on any atom is 0.344 e. The largest absolute Gasteiger partial charge is 0.344 e. The molecule has 0 aliphatic carbocycles. The lowest BCUT2D eigenvalue weighted by atomic mass is 10.0. The highest BCUT2D eigenvalue weighted by Gasteiger charge is 2.47. The van der Waals surface area contributed by atoms with Gasteiger partial charge >= 0.3 is 6.03 Å². The number of urea groups is 1. The average Bonchev–Trinajstić information content (AvgIpc) is 3.11. The zero-order chi connectivity index (χ0) is 15.8. The number of hydroxylamine groups is 2. The van der Waals surface area contributed by atoms with Gasteiger partial charge in [-0.25, -0.2) is 4.79 Å². The monoisotopic (exact) mass is 330 g/mol. The second-order valence-corrected chi connectivity index (χ2v) is 7.14. The standard InChI is InChI=1S/C16H18N4O2S/c1-11-17-18-15(23-11)14-8-7-13-9-19(14)16(21)20(13)22-10-12-5-3-2-4-6-12/h2-6,13-14H,7-10H2,1H3/t13-,14+/m0/s1. The third kappa shape index (κ3) is 2.70. The predicted molar refractivity (Wildman–Crippen MR) is 85.6 cm³/mol. The molecule has 6 nitrogen and oxygen atoms in total. The van der Waals surface area contributed by atoms with E-state index in [0.717, 1.165) is 28.4 Å². The Balaban J connectivity index is 1.47. The molecular weight excluding hydrogens is 312 g/mol. The molecule has 2 bridgehead atoms. The Bertz CT molecular complexity index is 705. The topological polar surface area (TPSA) is 58.6 Å². The molecule has 23 heavy (non-hydrogen) atoms. The molecule has 7 heteroatoms. The number of amides is 2. The second-order valence-electron chi connectivity index (χ2n) is 5.93. The fourth-order valence-corrected chi connectivity index (χ4v) is 4.07. The van der Waals surface area contributed by atoms with E-state index in [4.69, 9.17) is 4.84 Å². The van der Waals surface area contributed by atoms with Gasteiger partial charge in [-0.05, 0) is 25.3 Å². The zero-order valence-corrected chi connectivity index (χ0v) is 13.7. The first-order valence-corrected chi connectivity index (χ1v) is 8.60. The SMILES string of the molecule is Cc1nnc([C@H]2CC[C@H]3CN2C(=O)N3OCc2ccccc2)s1. The lowest BCUT2D eigenvalue weighted by Gasteiger charge is -2.28. The molecular formula is C16H18N4O2S. The summed E-state index contributed by atoms with van der Waals surface area (Å²) in [6.07, 6.45) is 1.84. The minimum absolute atomic E-state index is 0.0373. The van der Waals surface area contributed by atoms with Gasteiger partial charge in [-0.3, -0.25) is 4.84 Å². The maximum absolute atomic E-state index is 12.7. The number of piperidine rings is 1. The van der Waals surface area contributed by atoms with Gasteiger partial charge < -0.3 is 4.90 Å². The summed E-state index contributed by atoms with van der Waals surface area (Å²) in [6.45, 7) is 3.06. The van der Waals surface area contributed by atoms with Gasteiger partial charge in [-0.2, -0.15) is 5.06 Å². The maximum atomic E-state index is 12.7. The number of nitrogens with zero attached hydrogens (tertiary/aromatic N) is 4. The van der Waals surface area contributed by atoms with Crippen LogP contribution in [0.5, 0.6) is 0 Å². The molecule has 2 fully saturated rings. The molecule has 0 spiro atoms. The molecule has 0 N–H and O–H groups in total. The lowest BCUT2D eigenvalue weighted by Crippen LogP contribution is -2.33. The molecule has 0 unspecified atom stereocenters. The van der Waals surface area contributed by atoms with Gasteiger partial charge in [0.2, 0.25) is 0 Å². The first kappa shape index (κ1) is 14.6. The van der Waals surface area contributed by atoms with Gasteiger partial charge in [0.1, 0.15) is 16.6 Å². The molecule has 2 aliphatic rings. The van der Waals surface area contributed by atoms with Crippen molar-refractivity contribution in [1.29, 1.82) is 0 Å². The Morgan fingerprint density at radius 1 is 1.26 bits per heavy atom. The Labute approximate surface area is 138 Å². The number of rotatable bonds is 4. The zero-order valence-electron chi connectivity index (χ0n) is 12.9. The summed E-state index contributed by atoms with van der Waals surface area (Å²) >= 11 is 1.57. The first-order valence-electron chi connectivity index (χ1n) is 7.79. The Kier molecular flexibility index (Phi) is 3.74. The van der Waals surface area contributed by atoms with E-state index >= 15 is 0 Å². The van der Waals surface area contributed by atoms with Crippen LogP contribution in [0.1, 0.15) is 34.5 Å². The normalized spacial score (nSPS) is 23.6. The third-order valence-electron chi connectivity index (χ3n) is 4.36. The van der Waals surface area contributed by atoms with E-state index in [1.807, 2.05) is 42.2 Å². The van der Waals surface area contributed by atoms with Crippen LogP contribution in [0.2, 0.25) is 0 Å². The first-order chi connectivity index (χ1) is 11.2. The van der Waals surface area contributed by atoms with E-state index in [-0.39, 0.29) is 18.1 Å². The molecule has 2 atom stereocenters. The van der Waals surface area contributed by atoms with Crippen molar-refractivity contribution < 1.29 is 9.63 Å². The Hall–Kier alpha value is -1.99. The van der Waals surface area contributed by atoms with E-state index in [0.29, 0.717) is 13.2 Å². The van der Waals surface area contributed by atoms with Crippen LogP contribution in [0, 0.1) is 6.92 Å². The number of carbonyl (C=O) groups is 1. The highest BCUT2D eigenvalue weighted by Crippen LogP contribution is 2.39. The van der Waals surface area contributed by atoms with Gasteiger partial charge in [-0.15, -0.1) is 10.2 Å². The number of aryl methyl sites for hydroxylation is 1. The Morgan fingerprint density at radius 3 is 2.83 bits per heavy atom. The molecule has 1 aromatic carbocycles. The number of hydrogen-bond acceptors (Lipinski definition) is 5. The fourth-order valence-electron chi connectivity index (χ4n) is 3.22. The highest BCUT2D eigenvalue weighted by atomic mass is 32.1. The number of hydrogen-bond donors (Lipinski definition) is 0. The van der Waals surface area contributed by atoms with Crippen molar-refractivity contribution in [2.45, 2.75) is 38.5 Å². The molecule has 4 rings (SSSR count). The molecule has 120 valence electrons. The van der Waals surface area contributed by atoms with Crippen LogP contribution in [0.25, 0.3) is 0 Å². The van der Waals surface area contributed by atoms with Crippen LogP contribution >= 0.6 is 11.3 Å². The van der Waals surface area contributed by atoms with Crippen molar-refractivity contribution >= 4 is 17.4 Å². The summed E-state index contributed by atoms with van der Waals surface area (Å²) in [7, 11) is 0. The molecule has 2 aromatic rings. The van der Waals surface area contributed by atoms with Gasteiger partial charge in [0.05, 0.1) is 12.1 Å². The Morgan fingerprint density at radius 2 is 2.09 bits per heavy atom. The van der Waals surface area contributed by atoms with E-state index in [1.165, 1.54) is 0 Å². The van der Waals surface area contributed by atoms with Crippen molar-refractivity contribution in [3.8, 4) is 0 Å². The van der Waals surface area contributed by atoms with E-state index in [9.17, 15) is 4.79 Å². The van der Waals surface area contributed by atoms with Crippen molar-refractivity contribution in [2.24, 2.45) is 0 Å². The molecule has 1 aromatic heterocycles. The molecule has 0 saturated carbocycles. The smallest absolute Gasteiger partial charge is 0.311 e. The summed E-state index contributed by atoms with van der Waals surface area (Å²) in [5, 5.41) is 11.7. The minimum atomic E-state index is -0.0544. The molecule has 2 saturated heterocycles. The van der Waals surface area contributed by atoms with Crippen molar-refractivity contribution in [3.63, 3.8) is 0 Å². The summed E-state index contributed by atoms with van der Waals surface area (Å²) < 4.78 is 0. The van der Waals surface area contributed by atoms with Crippen molar-refractivity contribution in [2.75, 3.05) is 6.54 Å². The molecule has 0 radical (unpaired) electrons. The summed E-state index contributed by atoms with van der Waals surface area (Å²) in [5.41, 5.74) is 1.06. The van der Waals surface area contributed by atoms with Crippen LogP contribution in [0.15, 0.2) is 30.3 Å². The second kappa shape index (κ2) is 5.90. The van der Waals surface area contributed by atoms with Crippen LogP contribution in [-0.2, 0) is 11.4 Å². The number of fused-ring (bicyclic) bond motifs is 2. The highest BCUT2D eigenvalue weighted by molar-refractivity contribution is 7.11. The fraction of sp³-hybridized carbons (Fsp3) is 0.438. The molecule has 3 heterocycles. The van der Waals surface area contributed by atoms with Crippen LogP contribution < -0.4 is 0 Å².